The maximum atomic E-state index is 12.8. The second kappa shape index (κ2) is 6.40. The van der Waals surface area contributed by atoms with E-state index in [0.29, 0.717) is 0 Å². The minimum absolute atomic E-state index is 0. The first-order valence-electron chi connectivity index (χ1n) is 5.35. The van der Waals surface area contributed by atoms with Crippen LogP contribution in [-0.2, 0) is 24.7 Å². The average Bonchev–Trinajstić information content (AvgIpc) is 2.21. The second-order valence-electron chi connectivity index (χ2n) is 4.36. The third-order valence-corrected chi connectivity index (χ3v) is 2.68. The van der Waals surface area contributed by atoms with E-state index in [4.69, 9.17) is 0 Å². The van der Waals surface area contributed by atoms with E-state index in [-0.39, 0.29) is 26.7 Å². The fraction of sp³-hybridized carbons (Fsp3) is 0.400. The Morgan fingerprint density at radius 2 is 0.875 bits per heavy atom. The molecule has 0 nitrogen and oxygen atoms in total. The molecule has 0 atom stereocenters. The molecule has 0 unspecified atom stereocenters. The van der Waals surface area contributed by atoms with E-state index in [2.05, 4.69) is 0 Å². The Hall–Kier alpha value is -0.958. The first-order valence-corrected chi connectivity index (χ1v) is 5.35. The van der Waals surface area contributed by atoms with Gasteiger partial charge >= 0.3 is 43.6 Å². The zero-order valence-corrected chi connectivity index (χ0v) is 10.6. The van der Waals surface area contributed by atoms with Gasteiger partial charge in [0, 0.05) is 0 Å². The van der Waals surface area contributed by atoms with Crippen molar-refractivity contribution < 1.29 is 52.7 Å². The van der Waals surface area contributed by atoms with Crippen molar-refractivity contribution in [3.8, 4) is 0 Å². The van der Waals surface area contributed by atoms with Crippen LogP contribution in [0.5, 0.6) is 0 Å². The van der Waals surface area contributed by atoms with Crippen LogP contribution in [-0.4, -0.2) is 26.7 Å². The summed E-state index contributed by atoms with van der Waals surface area (Å²) in [5.74, 6) is 0. The predicted molar refractivity (Wildman–Crippen MR) is 61.8 cm³/mol. The van der Waals surface area contributed by atoms with Gasteiger partial charge in [-0.2, -0.15) is 52.7 Å². The van der Waals surface area contributed by atoms with Gasteiger partial charge in [-0.3, -0.25) is 0 Å². The second-order valence-corrected chi connectivity index (χ2v) is 4.36. The molecule has 0 aliphatic heterocycles. The van der Waals surface area contributed by atoms with Crippen LogP contribution < -0.4 is 5.46 Å². The summed E-state index contributed by atoms with van der Waals surface area (Å²) in [7, 11) is 0.216. The quantitative estimate of drug-likeness (QED) is 0.486. The minimum atomic E-state index is -6.30. The van der Waals surface area contributed by atoms with Gasteiger partial charge in [-0.05, 0) is 0 Å². The molecule has 0 spiro atoms. The van der Waals surface area contributed by atoms with Gasteiger partial charge in [-0.1, -0.05) is 11.5 Å². The van der Waals surface area contributed by atoms with Crippen LogP contribution in [0.2, 0.25) is 0 Å². The average molecular weight is 370 g/mol. The summed E-state index contributed by atoms with van der Waals surface area (Å²) < 4.78 is 152. The molecule has 0 aromatic heterocycles. The number of alkyl halides is 12. The monoisotopic (exact) mass is 370 g/mol. The summed E-state index contributed by atoms with van der Waals surface area (Å²) in [6.45, 7) is 0. The summed E-state index contributed by atoms with van der Waals surface area (Å²) in [6.07, 6.45) is -24.5. The number of halogens is 12. The van der Waals surface area contributed by atoms with Crippen LogP contribution in [0, 0.1) is 0 Å². The van der Waals surface area contributed by atoms with Crippen molar-refractivity contribution in [1.82, 2.24) is 0 Å². The first kappa shape index (κ1) is 23.0. The number of benzene rings is 1. The van der Waals surface area contributed by atoms with Crippen LogP contribution >= 0.6 is 0 Å². The summed E-state index contributed by atoms with van der Waals surface area (Å²) in [6, 6.07) is -0.596. The van der Waals surface area contributed by atoms with Gasteiger partial charge in [0.2, 0.25) is 0 Å². The molecule has 0 radical (unpaired) electrons. The molecule has 1 aromatic carbocycles. The Labute approximate surface area is 138 Å². The predicted octanol–water partition coefficient (Wildman–Crippen LogP) is 3.37. The summed E-state index contributed by atoms with van der Waals surface area (Å²) in [5.41, 5.74) is -14.1. The van der Waals surface area contributed by atoms with Crippen LogP contribution in [0.25, 0.3) is 0 Å². The van der Waals surface area contributed by atoms with Crippen molar-refractivity contribution in [1.29, 1.82) is 0 Å². The van der Waals surface area contributed by atoms with E-state index in [9.17, 15) is 52.7 Å². The topological polar surface area (TPSA) is 0 Å². The summed E-state index contributed by atoms with van der Waals surface area (Å²) in [4.78, 5) is 0. The van der Waals surface area contributed by atoms with Gasteiger partial charge in [0.1, 0.15) is 7.85 Å². The van der Waals surface area contributed by atoms with Crippen molar-refractivity contribution in [3.63, 3.8) is 0 Å². The van der Waals surface area contributed by atoms with E-state index in [1.165, 1.54) is 0 Å². The fourth-order valence-electron chi connectivity index (χ4n) is 1.98. The molecule has 0 amide bonds. The number of rotatable bonds is 0. The van der Waals surface area contributed by atoms with E-state index in [0.717, 1.165) is 0 Å². The van der Waals surface area contributed by atoms with E-state index >= 15 is 0 Å². The molecule has 1 aromatic rings. The molecule has 0 saturated heterocycles. The van der Waals surface area contributed by atoms with Crippen molar-refractivity contribution in [3.05, 3.63) is 28.3 Å². The molecule has 24 heavy (non-hydrogen) atoms. The SMILES string of the molecule is Bc1cc(C(F)(F)F)c(C(F)(F)F)c(C(F)(F)F)c1C(F)(F)F.[LiH]. The summed E-state index contributed by atoms with van der Waals surface area (Å²) in [5, 5.41) is 0. The van der Waals surface area contributed by atoms with E-state index < -0.39 is 58.5 Å². The molecule has 0 aliphatic rings. The van der Waals surface area contributed by atoms with Crippen LogP contribution in [0.1, 0.15) is 22.3 Å². The Balaban J connectivity index is 0.00000529. The number of hydrogen-bond donors (Lipinski definition) is 0. The molecule has 0 saturated carbocycles. The Morgan fingerprint density at radius 3 is 1.12 bits per heavy atom. The van der Waals surface area contributed by atoms with Gasteiger partial charge in [-0.25, -0.2) is 0 Å². The fourth-order valence-corrected chi connectivity index (χ4v) is 1.98. The molecular weight excluding hydrogens is 366 g/mol. The van der Waals surface area contributed by atoms with Crippen molar-refractivity contribution in [2.75, 3.05) is 0 Å². The molecule has 0 bridgehead atoms. The van der Waals surface area contributed by atoms with Gasteiger partial charge in [-0.15, -0.1) is 0 Å². The zero-order chi connectivity index (χ0) is 18.6. The van der Waals surface area contributed by atoms with E-state index in [1.807, 2.05) is 0 Å². The van der Waals surface area contributed by atoms with Crippen molar-refractivity contribution in [2.24, 2.45) is 0 Å². The molecule has 0 aliphatic carbocycles. The molecule has 0 fully saturated rings. The Kier molecular flexibility index (Phi) is 6.15. The van der Waals surface area contributed by atoms with Crippen LogP contribution in [0.4, 0.5) is 52.7 Å². The van der Waals surface area contributed by atoms with Crippen molar-refractivity contribution in [2.45, 2.75) is 24.7 Å². The van der Waals surface area contributed by atoms with Gasteiger partial charge < -0.3 is 0 Å². The molecule has 0 N–H and O–H groups in total. The van der Waals surface area contributed by atoms with E-state index in [1.54, 1.807) is 0 Å². The van der Waals surface area contributed by atoms with Crippen molar-refractivity contribution >= 4 is 32.2 Å². The summed E-state index contributed by atoms with van der Waals surface area (Å²) >= 11 is 0. The maximum absolute atomic E-state index is 12.8. The molecule has 14 heteroatoms. The van der Waals surface area contributed by atoms with Crippen LogP contribution in [0.15, 0.2) is 6.07 Å². The van der Waals surface area contributed by atoms with Gasteiger partial charge in [0.25, 0.3) is 0 Å². The zero-order valence-electron chi connectivity index (χ0n) is 10.6. The molecule has 1 rings (SSSR count). The van der Waals surface area contributed by atoms with Gasteiger partial charge in [0.15, 0.2) is 0 Å². The van der Waals surface area contributed by atoms with Gasteiger partial charge in [0.05, 0.1) is 22.3 Å². The molecular formula is C10H4BF12Li. The normalized spacial score (nSPS) is 13.7. The molecule has 0 heterocycles. The third kappa shape index (κ3) is 4.56. The Bertz CT molecular complexity index is 607. The Morgan fingerprint density at radius 1 is 0.542 bits per heavy atom. The molecule has 132 valence electrons. The standard InChI is InChI=1S/C10H3BF12.Li.H/c11-3-1-2(7(12,13)14)4(8(15,16)17)6(10(21,22)23)5(3)9(18,19)20;;/h1H,11H2;;. The number of hydrogen-bond acceptors (Lipinski definition) is 0. The first-order chi connectivity index (χ1) is 9.88. The van der Waals surface area contributed by atoms with Crippen LogP contribution in [0.3, 0.4) is 0 Å². The third-order valence-electron chi connectivity index (χ3n) is 2.68.